The summed E-state index contributed by atoms with van der Waals surface area (Å²) in [6.07, 6.45) is 16.2. The van der Waals surface area contributed by atoms with Gasteiger partial charge < -0.3 is 9.47 Å². The normalized spacial score (nSPS) is 28.2. The van der Waals surface area contributed by atoms with Gasteiger partial charge in [0.2, 0.25) is 0 Å². The summed E-state index contributed by atoms with van der Waals surface area (Å²) in [4.78, 5) is 2.67. The molecule has 1 aliphatic heterocycles. The fourth-order valence-electron chi connectivity index (χ4n) is 8.62. The van der Waals surface area contributed by atoms with Crippen LogP contribution in [0.4, 0.5) is 11.4 Å². The molecule has 0 radical (unpaired) electrons. The zero-order valence-electron chi connectivity index (χ0n) is 23.8. The standard InChI is InChI=1S/C38H37N3/c1-25-20-21-33-32-16-4-7-19-36(32)41(28-12-8-10-26(22-28)24-39)38(33)37(25)27-11-9-13-29(23-27)40-34-17-5-2-14-30(34)31-15-3-6-18-35(31)40/h2,4-5,7-11,13-14,16-17,19-21,23,25-26,28,31,35,37H,3,6,12,15,18,22H2,1H3. The second kappa shape index (κ2) is 9.81. The molecular weight excluding hydrogens is 498 g/mol. The van der Waals surface area contributed by atoms with Crippen LogP contribution in [0.3, 0.4) is 0 Å². The highest BCUT2D eigenvalue weighted by molar-refractivity contribution is 5.93. The van der Waals surface area contributed by atoms with E-state index in [4.69, 9.17) is 0 Å². The molecule has 3 aliphatic carbocycles. The molecule has 0 spiro atoms. The van der Waals surface area contributed by atoms with Gasteiger partial charge in [-0.05, 0) is 67.0 Å². The molecule has 0 bridgehead atoms. The van der Waals surface area contributed by atoms with E-state index in [-0.39, 0.29) is 17.9 Å². The fraction of sp³-hybridized carbons (Fsp3) is 0.342. The second-order valence-electron chi connectivity index (χ2n) is 12.7. The first-order valence-corrected chi connectivity index (χ1v) is 15.6. The SMILES string of the molecule is CC1C=Cc2c(n(C3CC=CC(C#N)C3)c3ccccc23)C1c1cccc(N2c3ccccc3C3CCCCC32)c1. The van der Waals surface area contributed by atoms with Crippen molar-refractivity contribution in [2.75, 3.05) is 4.90 Å². The number of nitrogens with zero attached hydrogens (tertiary/aromatic N) is 3. The lowest BCUT2D eigenvalue weighted by Crippen LogP contribution is -2.32. The average molecular weight is 536 g/mol. The van der Waals surface area contributed by atoms with Crippen LogP contribution in [0.2, 0.25) is 0 Å². The highest BCUT2D eigenvalue weighted by Crippen LogP contribution is 2.52. The van der Waals surface area contributed by atoms with Crippen molar-refractivity contribution in [3.05, 3.63) is 113 Å². The Bertz CT molecular complexity index is 1730. The van der Waals surface area contributed by atoms with Crippen molar-refractivity contribution < 1.29 is 0 Å². The summed E-state index contributed by atoms with van der Waals surface area (Å²) in [6, 6.07) is 30.9. The topological polar surface area (TPSA) is 32.0 Å². The predicted molar refractivity (Wildman–Crippen MR) is 169 cm³/mol. The van der Waals surface area contributed by atoms with Crippen LogP contribution in [0.25, 0.3) is 17.0 Å². The van der Waals surface area contributed by atoms with Gasteiger partial charge >= 0.3 is 0 Å². The van der Waals surface area contributed by atoms with Crippen LogP contribution in [0.15, 0.2) is 91.0 Å². The smallest absolute Gasteiger partial charge is 0.0698 e. The molecule has 1 aromatic heterocycles. The lowest BCUT2D eigenvalue weighted by atomic mass is 9.78. The summed E-state index contributed by atoms with van der Waals surface area (Å²) in [5, 5.41) is 11.1. The van der Waals surface area contributed by atoms with Crippen molar-refractivity contribution in [3.63, 3.8) is 0 Å². The van der Waals surface area contributed by atoms with Gasteiger partial charge in [-0.15, -0.1) is 0 Å². The van der Waals surface area contributed by atoms with Gasteiger partial charge in [0.1, 0.15) is 0 Å². The molecule has 6 atom stereocenters. The van der Waals surface area contributed by atoms with E-state index in [1.807, 2.05) is 0 Å². The Hall–Kier alpha value is -4.03. The van der Waals surface area contributed by atoms with E-state index in [0.717, 1.165) is 12.8 Å². The van der Waals surface area contributed by atoms with Crippen LogP contribution in [0, 0.1) is 23.2 Å². The predicted octanol–water partition coefficient (Wildman–Crippen LogP) is 9.64. The highest BCUT2D eigenvalue weighted by Gasteiger charge is 2.41. The second-order valence-corrected chi connectivity index (χ2v) is 12.7. The van der Waals surface area contributed by atoms with E-state index in [9.17, 15) is 5.26 Å². The third-order valence-corrected chi connectivity index (χ3v) is 10.4. The largest absolute Gasteiger partial charge is 0.340 e. The number of allylic oxidation sites excluding steroid dienone is 3. The van der Waals surface area contributed by atoms with Crippen molar-refractivity contribution in [1.82, 2.24) is 4.57 Å². The fourth-order valence-corrected chi connectivity index (χ4v) is 8.62. The Morgan fingerprint density at radius 1 is 0.902 bits per heavy atom. The van der Waals surface area contributed by atoms with Gasteiger partial charge in [0.15, 0.2) is 0 Å². The lowest BCUT2D eigenvalue weighted by molar-refractivity contribution is 0.402. The van der Waals surface area contributed by atoms with Gasteiger partial charge in [-0.25, -0.2) is 0 Å². The van der Waals surface area contributed by atoms with E-state index >= 15 is 0 Å². The molecule has 0 saturated heterocycles. The van der Waals surface area contributed by atoms with Crippen molar-refractivity contribution in [2.24, 2.45) is 11.8 Å². The third-order valence-electron chi connectivity index (χ3n) is 10.4. The monoisotopic (exact) mass is 535 g/mol. The molecule has 41 heavy (non-hydrogen) atoms. The number of hydrogen-bond acceptors (Lipinski definition) is 2. The number of benzene rings is 3. The molecule has 0 amide bonds. The number of nitriles is 1. The number of para-hydroxylation sites is 2. The Labute approximate surface area is 243 Å². The molecule has 8 rings (SSSR count). The summed E-state index contributed by atoms with van der Waals surface area (Å²) < 4.78 is 2.62. The molecule has 6 unspecified atom stereocenters. The van der Waals surface area contributed by atoms with Gasteiger partial charge in [0, 0.05) is 57.5 Å². The summed E-state index contributed by atoms with van der Waals surface area (Å²) in [7, 11) is 0. The lowest BCUT2D eigenvalue weighted by Gasteiger charge is -2.35. The first-order chi connectivity index (χ1) is 20.2. The van der Waals surface area contributed by atoms with Crippen LogP contribution >= 0.6 is 0 Å². The minimum atomic E-state index is -0.0254. The molecule has 1 fully saturated rings. The Morgan fingerprint density at radius 2 is 1.76 bits per heavy atom. The molecule has 204 valence electrons. The maximum Gasteiger partial charge on any atom is 0.0698 e. The Balaban J connectivity index is 1.28. The number of fused-ring (bicyclic) bond motifs is 6. The maximum absolute atomic E-state index is 9.79. The minimum absolute atomic E-state index is 0.0254. The zero-order chi connectivity index (χ0) is 27.5. The molecule has 1 saturated carbocycles. The van der Waals surface area contributed by atoms with E-state index < -0.39 is 0 Å². The van der Waals surface area contributed by atoms with Crippen molar-refractivity contribution in [1.29, 1.82) is 5.26 Å². The molecule has 3 heteroatoms. The van der Waals surface area contributed by atoms with Crippen molar-refractivity contribution in [3.8, 4) is 6.07 Å². The van der Waals surface area contributed by atoms with Crippen LogP contribution < -0.4 is 4.90 Å². The van der Waals surface area contributed by atoms with Gasteiger partial charge in [-0.1, -0.05) is 92.6 Å². The molecular formula is C38H37N3. The Morgan fingerprint density at radius 3 is 2.68 bits per heavy atom. The number of aromatic nitrogens is 1. The van der Waals surface area contributed by atoms with Gasteiger partial charge in [0.25, 0.3) is 0 Å². The van der Waals surface area contributed by atoms with Gasteiger partial charge in [0.05, 0.1) is 12.0 Å². The molecule has 4 aromatic rings. The quantitative estimate of drug-likeness (QED) is 0.245. The van der Waals surface area contributed by atoms with Crippen LogP contribution in [0.1, 0.15) is 85.7 Å². The van der Waals surface area contributed by atoms with E-state index in [1.54, 1.807) is 0 Å². The number of anilines is 2. The van der Waals surface area contributed by atoms with Gasteiger partial charge in [-0.2, -0.15) is 5.26 Å². The summed E-state index contributed by atoms with van der Waals surface area (Å²) in [6.45, 7) is 2.37. The van der Waals surface area contributed by atoms with E-state index in [0.29, 0.717) is 17.9 Å². The third kappa shape index (κ3) is 3.84. The molecule has 3 nitrogen and oxygen atoms in total. The number of rotatable bonds is 3. The zero-order valence-corrected chi connectivity index (χ0v) is 23.8. The van der Waals surface area contributed by atoms with E-state index in [2.05, 4.69) is 120 Å². The minimum Gasteiger partial charge on any atom is -0.340 e. The summed E-state index contributed by atoms with van der Waals surface area (Å²) in [5.74, 6) is 1.25. The van der Waals surface area contributed by atoms with Crippen molar-refractivity contribution in [2.45, 2.75) is 69.4 Å². The van der Waals surface area contributed by atoms with Gasteiger partial charge in [-0.3, -0.25) is 0 Å². The van der Waals surface area contributed by atoms with Crippen molar-refractivity contribution >= 4 is 28.4 Å². The maximum atomic E-state index is 9.79. The first kappa shape index (κ1) is 24.7. The van der Waals surface area contributed by atoms with Crippen LogP contribution in [0.5, 0.6) is 0 Å². The Kier molecular flexibility index (Phi) is 5.92. The van der Waals surface area contributed by atoms with Crippen LogP contribution in [-0.4, -0.2) is 10.6 Å². The highest BCUT2D eigenvalue weighted by atomic mass is 15.2. The van der Waals surface area contributed by atoms with Crippen LogP contribution in [-0.2, 0) is 0 Å². The average Bonchev–Trinajstić information content (AvgIpc) is 3.54. The molecule has 2 heterocycles. The molecule has 4 aliphatic rings. The first-order valence-electron chi connectivity index (χ1n) is 15.6. The summed E-state index contributed by atoms with van der Waals surface area (Å²) in [5.41, 5.74) is 9.75. The molecule has 0 N–H and O–H groups in total. The number of hydrogen-bond donors (Lipinski definition) is 0. The summed E-state index contributed by atoms with van der Waals surface area (Å²) >= 11 is 0. The molecule has 3 aromatic carbocycles. The van der Waals surface area contributed by atoms with E-state index in [1.165, 1.54) is 70.3 Å².